The second-order valence-electron chi connectivity index (χ2n) is 10.8. The fourth-order valence-corrected chi connectivity index (χ4v) is 6.73. The number of carboxylic acids is 1. The SMILES string of the molecule is Cc1cc(CCCS(C)(=O)=O)cc(C)c1-c1ccc(F)c2c1CC[C@H]2Oc1ccc2c(c1)OCC2CC(=O)O. The minimum Gasteiger partial charge on any atom is -0.492 e. The molecule has 8 heteroatoms. The quantitative estimate of drug-likeness (QED) is 0.345. The Bertz CT molecular complexity index is 1520. The van der Waals surface area contributed by atoms with Gasteiger partial charge in [0.05, 0.1) is 18.8 Å². The highest BCUT2D eigenvalue weighted by Gasteiger charge is 2.32. The molecule has 0 saturated carbocycles. The van der Waals surface area contributed by atoms with Gasteiger partial charge in [0.25, 0.3) is 0 Å². The predicted octanol–water partition coefficient (Wildman–Crippen LogP) is 6.10. The highest BCUT2D eigenvalue weighted by atomic mass is 32.2. The molecule has 3 aromatic carbocycles. The first-order chi connectivity index (χ1) is 18.5. The summed E-state index contributed by atoms with van der Waals surface area (Å²) in [6.07, 6.45) is 3.43. The minimum atomic E-state index is -2.99. The molecule has 1 N–H and O–H groups in total. The van der Waals surface area contributed by atoms with Crippen molar-refractivity contribution in [2.45, 2.75) is 58.0 Å². The third kappa shape index (κ3) is 5.81. The normalized spacial score (nSPS) is 17.9. The zero-order valence-corrected chi connectivity index (χ0v) is 23.2. The van der Waals surface area contributed by atoms with Crippen LogP contribution in [-0.4, -0.2) is 38.1 Å². The number of ether oxygens (including phenoxy) is 2. The minimum absolute atomic E-state index is 0.0116. The van der Waals surface area contributed by atoms with Gasteiger partial charge in [-0.1, -0.05) is 24.3 Å². The van der Waals surface area contributed by atoms with E-state index in [9.17, 15) is 13.2 Å². The van der Waals surface area contributed by atoms with Gasteiger partial charge in [0.15, 0.2) is 0 Å². The van der Waals surface area contributed by atoms with Crippen molar-refractivity contribution >= 4 is 15.8 Å². The van der Waals surface area contributed by atoms with E-state index >= 15 is 4.39 Å². The van der Waals surface area contributed by atoms with Gasteiger partial charge < -0.3 is 14.6 Å². The van der Waals surface area contributed by atoms with E-state index in [1.165, 1.54) is 12.3 Å². The Labute approximate surface area is 228 Å². The predicted molar refractivity (Wildman–Crippen MR) is 148 cm³/mol. The monoisotopic (exact) mass is 552 g/mol. The maximum Gasteiger partial charge on any atom is 0.304 e. The van der Waals surface area contributed by atoms with Crippen molar-refractivity contribution in [1.29, 1.82) is 0 Å². The van der Waals surface area contributed by atoms with Crippen molar-refractivity contribution in [1.82, 2.24) is 0 Å². The van der Waals surface area contributed by atoms with E-state index in [4.69, 9.17) is 14.6 Å². The van der Waals surface area contributed by atoms with Gasteiger partial charge in [-0.05, 0) is 85.0 Å². The number of hydrogen-bond donors (Lipinski definition) is 1. The molecule has 39 heavy (non-hydrogen) atoms. The number of hydrogen-bond acceptors (Lipinski definition) is 5. The lowest BCUT2D eigenvalue weighted by molar-refractivity contribution is -0.137. The van der Waals surface area contributed by atoms with E-state index in [1.807, 2.05) is 26.0 Å². The van der Waals surface area contributed by atoms with Crippen LogP contribution in [0.5, 0.6) is 11.5 Å². The number of aliphatic carboxylic acids is 1. The average molecular weight is 553 g/mol. The van der Waals surface area contributed by atoms with Gasteiger partial charge >= 0.3 is 5.97 Å². The van der Waals surface area contributed by atoms with E-state index in [1.54, 1.807) is 12.1 Å². The lowest BCUT2D eigenvalue weighted by Gasteiger charge is -2.19. The van der Waals surface area contributed by atoms with Gasteiger partial charge in [0, 0.05) is 29.4 Å². The second kappa shape index (κ2) is 10.6. The van der Waals surface area contributed by atoms with E-state index in [-0.39, 0.29) is 23.9 Å². The Morgan fingerprint density at radius 3 is 2.56 bits per heavy atom. The zero-order valence-electron chi connectivity index (χ0n) is 22.4. The van der Waals surface area contributed by atoms with Gasteiger partial charge in [0.1, 0.15) is 33.3 Å². The van der Waals surface area contributed by atoms with Crippen LogP contribution < -0.4 is 9.47 Å². The molecule has 6 nitrogen and oxygen atoms in total. The van der Waals surface area contributed by atoms with Crippen LogP contribution in [-0.2, 0) is 27.5 Å². The van der Waals surface area contributed by atoms with Gasteiger partial charge in [-0.15, -0.1) is 0 Å². The number of rotatable bonds is 9. The molecule has 0 bridgehead atoms. The molecule has 0 saturated heterocycles. The molecule has 1 heterocycles. The summed E-state index contributed by atoms with van der Waals surface area (Å²) in [7, 11) is -2.99. The van der Waals surface area contributed by atoms with E-state index < -0.39 is 21.9 Å². The van der Waals surface area contributed by atoms with Crippen LogP contribution in [0.25, 0.3) is 11.1 Å². The van der Waals surface area contributed by atoms with Crippen molar-refractivity contribution < 1.29 is 32.2 Å². The molecular weight excluding hydrogens is 519 g/mol. The standard InChI is InChI=1S/C31H33FO6S/c1-18-13-20(5-4-12-39(3,35)36)14-19(2)30(18)24-8-10-26(32)31-25(24)9-11-27(31)38-22-6-7-23-21(15-29(33)34)17-37-28(23)16-22/h6-8,10,13-14,16,21,27H,4-5,9,11-12,15,17H2,1-3H3,(H,33,34)/t21?,27-/m1/s1. The molecule has 3 aromatic rings. The maximum atomic E-state index is 15.2. The molecular formula is C31H33FO6S. The summed E-state index contributed by atoms with van der Waals surface area (Å²) in [6, 6.07) is 13.0. The van der Waals surface area contributed by atoms with E-state index in [0.717, 1.165) is 38.9 Å². The molecule has 2 atom stereocenters. The highest BCUT2D eigenvalue weighted by molar-refractivity contribution is 7.90. The zero-order chi connectivity index (χ0) is 27.9. The molecule has 206 valence electrons. The number of aryl methyl sites for hydroxylation is 3. The number of halogens is 1. The fraction of sp³-hybridized carbons (Fsp3) is 0.387. The molecule has 0 amide bonds. The molecule has 0 aromatic heterocycles. The lowest BCUT2D eigenvalue weighted by Crippen LogP contribution is -2.07. The van der Waals surface area contributed by atoms with Crippen LogP contribution >= 0.6 is 0 Å². The Hall–Kier alpha value is -3.39. The van der Waals surface area contributed by atoms with Crippen LogP contribution in [0.3, 0.4) is 0 Å². The van der Waals surface area contributed by atoms with Crippen LogP contribution in [0.2, 0.25) is 0 Å². The van der Waals surface area contributed by atoms with Gasteiger partial charge in [-0.25, -0.2) is 12.8 Å². The smallest absolute Gasteiger partial charge is 0.304 e. The number of sulfone groups is 1. The van der Waals surface area contributed by atoms with Crippen LogP contribution in [0.15, 0.2) is 42.5 Å². The molecule has 1 aliphatic carbocycles. The fourth-order valence-electron chi connectivity index (χ4n) is 6.06. The van der Waals surface area contributed by atoms with Crippen molar-refractivity contribution in [3.05, 3.63) is 81.7 Å². The van der Waals surface area contributed by atoms with E-state index in [0.29, 0.717) is 49.4 Å². The summed E-state index contributed by atoms with van der Waals surface area (Å²) in [5.41, 5.74) is 7.72. The van der Waals surface area contributed by atoms with Gasteiger partial charge in [-0.3, -0.25) is 4.79 Å². The first kappa shape index (κ1) is 27.2. The molecule has 0 radical (unpaired) electrons. The Morgan fingerprint density at radius 2 is 1.87 bits per heavy atom. The summed E-state index contributed by atoms with van der Waals surface area (Å²) >= 11 is 0. The molecule has 1 aliphatic heterocycles. The maximum absolute atomic E-state index is 15.2. The van der Waals surface area contributed by atoms with Crippen LogP contribution in [0.1, 0.15) is 64.7 Å². The number of carbonyl (C=O) groups is 1. The lowest BCUT2D eigenvalue weighted by atomic mass is 9.88. The molecule has 2 aliphatic rings. The second-order valence-corrected chi connectivity index (χ2v) is 13.0. The third-order valence-corrected chi connectivity index (χ3v) is 8.72. The molecule has 5 rings (SSSR count). The summed E-state index contributed by atoms with van der Waals surface area (Å²) in [4.78, 5) is 11.1. The Morgan fingerprint density at radius 1 is 1.13 bits per heavy atom. The largest absolute Gasteiger partial charge is 0.492 e. The van der Waals surface area contributed by atoms with Crippen LogP contribution in [0.4, 0.5) is 4.39 Å². The molecule has 1 unspecified atom stereocenters. The number of benzene rings is 3. The summed E-state index contributed by atoms with van der Waals surface area (Å²) in [5, 5.41) is 9.14. The first-order valence-electron chi connectivity index (χ1n) is 13.2. The summed E-state index contributed by atoms with van der Waals surface area (Å²) < 4.78 is 50.2. The first-order valence-corrected chi connectivity index (χ1v) is 15.3. The number of fused-ring (bicyclic) bond motifs is 2. The summed E-state index contributed by atoms with van der Waals surface area (Å²) in [6.45, 7) is 4.41. The Kier molecular flexibility index (Phi) is 7.42. The molecule has 0 fully saturated rings. The van der Waals surface area contributed by atoms with Crippen molar-refractivity contribution in [3.63, 3.8) is 0 Å². The summed E-state index contributed by atoms with van der Waals surface area (Å²) in [5.74, 6) is 0.0167. The Balaban J connectivity index is 1.39. The van der Waals surface area contributed by atoms with Crippen molar-refractivity contribution in [3.8, 4) is 22.6 Å². The topological polar surface area (TPSA) is 89.9 Å². The average Bonchev–Trinajstić information content (AvgIpc) is 3.44. The molecule has 0 spiro atoms. The highest BCUT2D eigenvalue weighted by Crippen LogP contribution is 2.45. The van der Waals surface area contributed by atoms with Crippen molar-refractivity contribution in [2.24, 2.45) is 0 Å². The number of carboxylic acid groups (broad SMARTS) is 1. The van der Waals surface area contributed by atoms with E-state index in [2.05, 4.69) is 12.1 Å². The third-order valence-electron chi connectivity index (χ3n) is 7.69. The van der Waals surface area contributed by atoms with Gasteiger partial charge in [0.2, 0.25) is 0 Å². The van der Waals surface area contributed by atoms with Gasteiger partial charge in [-0.2, -0.15) is 0 Å². The van der Waals surface area contributed by atoms with Crippen LogP contribution in [0, 0.1) is 19.7 Å². The van der Waals surface area contributed by atoms with Crippen molar-refractivity contribution in [2.75, 3.05) is 18.6 Å².